The molecule has 0 heterocycles. The fourth-order valence-corrected chi connectivity index (χ4v) is 2.96. The van der Waals surface area contributed by atoms with Crippen molar-refractivity contribution >= 4 is 7.82 Å². The first-order valence-electron chi connectivity index (χ1n) is 7.94. The van der Waals surface area contributed by atoms with E-state index in [-0.39, 0.29) is 13.2 Å². The Morgan fingerprint density at radius 1 is 0.810 bits per heavy atom. The SMILES string of the molecule is C=CCOP(=O)(OCC=C)OCCCCCCCCCC. The van der Waals surface area contributed by atoms with E-state index in [2.05, 4.69) is 20.1 Å². The van der Waals surface area contributed by atoms with Gasteiger partial charge < -0.3 is 0 Å². The number of phosphoric acid groups is 1. The van der Waals surface area contributed by atoms with Crippen LogP contribution in [0.3, 0.4) is 0 Å². The Balaban J connectivity index is 3.69. The number of unbranched alkanes of at least 4 members (excludes halogenated alkanes) is 7. The average Bonchev–Trinajstić information content (AvgIpc) is 2.49. The van der Waals surface area contributed by atoms with Crippen LogP contribution in [0, 0.1) is 0 Å². The first-order chi connectivity index (χ1) is 10.2. The molecule has 5 heteroatoms. The van der Waals surface area contributed by atoms with Crippen LogP contribution in [0.25, 0.3) is 0 Å². The largest absolute Gasteiger partial charge is 0.475 e. The summed E-state index contributed by atoms with van der Waals surface area (Å²) in [7, 11) is -3.47. The molecule has 0 unspecified atom stereocenters. The van der Waals surface area contributed by atoms with E-state index in [1.165, 1.54) is 50.7 Å². The van der Waals surface area contributed by atoms with E-state index >= 15 is 0 Å². The predicted octanol–water partition coefficient (Wildman–Crippen LogP) is 5.66. The molecular weight excluding hydrogens is 287 g/mol. The lowest BCUT2D eigenvalue weighted by Crippen LogP contribution is -2.02. The molecule has 0 N–H and O–H groups in total. The number of rotatable bonds is 16. The van der Waals surface area contributed by atoms with Crippen LogP contribution in [0.15, 0.2) is 25.3 Å². The third-order valence-corrected chi connectivity index (χ3v) is 4.38. The van der Waals surface area contributed by atoms with Crippen molar-refractivity contribution in [1.82, 2.24) is 0 Å². The molecule has 0 rings (SSSR count). The molecule has 0 aromatic carbocycles. The van der Waals surface area contributed by atoms with Gasteiger partial charge in [-0.2, -0.15) is 0 Å². The number of phosphoric ester groups is 1. The molecule has 0 aromatic rings. The highest BCUT2D eigenvalue weighted by Crippen LogP contribution is 2.49. The summed E-state index contributed by atoms with van der Waals surface area (Å²) < 4.78 is 27.7. The van der Waals surface area contributed by atoms with Crippen LogP contribution >= 0.6 is 7.82 Å². The summed E-state index contributed by atoms with van der Waals surface area (Å²) in [6, 6.07) is 0. The normalized spacial score (nSPS) is 11.5. The maximum absolute atomic E-state index is 12.2. The van der Waals surface area contributed by atoms with Crippen molar-refractivity contribution in [1.29, 1.82) is 0 Å². The van der Waals surface area contributed by atoms with Crippen LogP contribution < -0.4 is 0 Å². The summed E-state index contributed by atoms with van der Waals surface area (Å²) in [6.07, 6.45) is 12.7. The Morgan fingerprint density at radius 3 is 1.76 bits per heavy atom. The van der Waals surface area contributed by atoms with Gasteiger partial charge >= 0.3 is 7.82 Å². The molecular formula is C16H31O4P. The smallest absolute Gasteiger partial charge is 0.287 e. The molecule has 124 valence electrons. The molecule has 0 spiro atoms. The highest BCUT2D eigenvalue weighted by atomic mass is 31.2. The first kappa shape index (κ1) is 20.6. The van der Waals surface area contributed by atoms with E-state index in [1.807, 2.05) is 0 Å². The van der Waals surface area contributed by atoms with Crippen molar-refractivity contribution in [2.24, 2.45) is 0 Å². The standard InChI is InChI=1S/C16H31O4P/c1-4-7-8-9-10-11-12-13-16-20-21(17,18-14-5-2)19-15-6-3/h5-6H,2-4,7-16H2,1H3. The lowest BCUT2D eigenvalue weighted by molar-refractivity contribution is 0.129. The fourth-order valence-electron chi connectivity index (χ4n) is 1.81. The molecule has 0 aliphatic carbocycles. The van der Waals surface area contributed by atoms with Gasteiger partial charge in [0.25, 0.3) is 0 Å². The summed E-state index contributed by atoms with van der Waals surface area (Å²) in [5.41, 5.74) is 0. The second-order valence-electron chi connectivity index (χ2n) is 4.92. The maximum atomic E-state index is 12.2. The molecule has 21 heavy (non-hydrogen) atoms. The van der Waals surface area contributed by atoms with Crippen molar-refractivity contribution in [2.45, 2.75) is 58.3 Å². The zero-order valence-electron chi connectivity index (χ0n) is 13.4. The zero-order chi connectivity index (χ0) is 15.8. The van der Waals surface area contributed by atoms with E-state index in [0.29, 0.717) is 6.61 Å². The van der Waals surface area contributed by atoms with Gasteiger partial charge in [0.2, 0.25) is 0 Å². The van der Waals surface area contributed by atoms with Gasteiger partial charge in [0.05, 0.1) is 19.8 Å². The molecule has 0 aliphatic rings. The maximum Gasteiger partial charge on any atom is 0.475 e. The number of hydrogen-bond acceptors (Lipinski definition) is 4. The van der Waals surface area contributed by atoms with Crippen molar-refractivity contribution in [2.75, 3.05) is 19.8 Å². The molecule has 0 bridgehead atoms. The number of hydrogen-bond donors (Lipinski definition) is 0. The highest BCUT2D eigenvalue weighted by molar-refractivity contribution is 7.48. The highest BCUT2D eigenvalue weighted by Gasteiger charge is 2.25. The van der Waals surface area contributed by atoms with Gasteiger partial charge in [-0.25, -0.2) is 4.57 Å². The molecule has 4 nitrogen and oxygen atoms in total. The van der Waals surface area contributed by atoms with Crippen LogP contribution in [0.2, 0.25) is 0 Å². The van der Waals surface area contributed by atoms with Gasteiger partial charge in [0, 0.05) is 0 Å². The van der Waals surface area contributed by atoms with Gasteiger partial charge in [-0.1, -0.05) is 64.0 Å². The summed E-state index contributed by atoms with van der Waals surface area (Å²) in [6.45, 7) is 9.94. The van der Waals surface area contributed by atoms with Crippen LogP contribution in [0.5, 0.6) is 0 Å². The van der Waals surface area contributed by atoms with Crippen molar-refractivity contribution in [3.8, 4) is 0 Å². The van der Waals surface area contributed by atoms with Crippen molar-refractivity contribution < 1.29 is 18.1 Å². The molecule has 0 fully saturated rings. The minimum absolute atomic E-state index is 0.145. The molecule has 0 aliphatic heterocycles. The predicted molar refractivity (Wildman–Crippen MR) is 88.5 cm³/mol. The average molecular weight is 318 g/mol. The van der Waals surface area contributed by atoms with Gasteiger partial charge in [-0.3, -0.25) is 13.6 Å². The van der Waals surface area contributed by atoms with E-state index in [0.717, 1.165) is 12.8 Å². The van der Waals surface area contributed by atoms with Crippen LogP contribution in [-0.2, 0) is 18.1 Å². The Kier molecular flexibility index (Phi) is 14.2. The van der Waals surface area contributed by atoms with Crippen LogP contribution in [-0.4, -0.2) is 19.8 Å². The zero-order valence-corrected chi connectivity index (χ0v) is 14.3. The van der Waals surface area contributed by atoms with Gasteiger partial charge in [0.15, 0.2) is 0 Å². The third kappa shape index (κ3) is 13.0. The van der Waals surface area contributed by atoms with Gasteiger partial charge in [-0.05, 0) is 6.42 Å². The van der Waals surface area contributed by atoms with E-state index in [9.17, 15) is 4.57 Å². The molecule has 0 saturated heterocycles. The van der Waals surface area contributed by atoms with Crippen molar-refractivity contribution in [3.05, 3.63) is 25.3 Å². The second-order valence-corrected chi connectivity index (χ2v) is 6.59. The Labute approximate surface area is 130 Å². The monoisotopic (exact) mass is 318 g/mol. The Hall–Kier alpha value is -0.410. The third-order valence-electron chi connectivity index (χ3n) is 2.95. The second kappa shape index (κ2) is 14.5. The van der Waals surface area contributed by atoms with Gasteiger partial charge in [-0.15, -0.1) is 13.2 Å². The van der Waals surface area contributed by atoms with Crippen LogP contribution in [0.1, 0.15) is 58.3 Å². The van der Waals surface area contributed by atoms with Gasteiger partial charge in [0.1, 0.15) is 0 Å². The van der Waals surface area contributed by atoms with E-state index in [1.54, 1.807) is 0 Å². The lowest BCUT2D eigenvalue weighted by Gasteiger charge is -2.16. The fraction of sp³-hybridized carbons (Fsp3) is 0.750. The van der Waals surface area contributed by atoms with E-state index in [4.69, 9.17) is 13.6 Å². The van der Waals surface area contributed by atoms with Crippen LogP contribution in [0.4, 0.5) is 0 Å². The lowest BCUT2D eigenvalue weighted by atomic mass is 10.1. The summed E-state index contributed by atoms with van der Waals surface area (Å²) in [4.78, 5) is 0. The Morgan fingerprint density at radius 2 is 1.29 bits per heavy atom. The molecule has 0 aromatic heterocycles. The summed E-state index contributed by atoms with van der Waals surface area (Å²) >= 11 is 0. The van der Waals surface area contributed by atoms with E-state index < -0.39 is 7.82 Å². The molecule has 0 radical (unpaired) electrons. The quantitative estimate of drug-likeness (QED) is 0.209. The summed E-state index contributed by atoms with van der Waals surface area (Å²) in [5, 5.41) is 0. The van der Waals surface area contributed by atoms with Crippen molar-refractivity contribution in [3.63, 3.8) is 0 Å². The minimum atomic E-state index is -3.47. The first-order valence-corrected chi connectivity index (χ1v) is 9.40. The minimum Gasteiger partial charge on any atom is -0.287 e. The molecule has 0 atom stereocenters. The molecule has 0 amide bonds. The Bertz CT molecular complexity index is 289. The summed E-state index contributed by atoms with van der Waals surface area (Å²) in [5.74, 6) is 0. The molecule has 0 saturated carbocycles. The topological polar surface area (TPSA) is 44.8 Å².